The van der Waals surface area contributed by atoms with Gasteiger partial charge in [0.15, 0.2) is 0 Å². The zero-order valence-electron chi connectivity index (χ0n) is 12.4. The van der Waals surface area contributed by atoms with E-state index in [2.05, 4.69) is 22.4 Å². The lowest BCUT2D eigenvalue weighted by molar-refractivity contribution is -0.103. The van der Waals surface area contributed by atoms with Gasteiger partial charge in [-0.1, -0.05) is 0 Å². The minimum atomic E-state index is -0.0277. The van der Waals surface area contributed by atoms with E-state index in [0.29, 0.717) is 12.0 Å². The molecule has 1 aromatic heterocycles. The smallest absolute Gasteiger partial charge is 0.0940 e. The number of hydrogen-bond acceptors (Lipinski definition) is 4. The van der Waals surface area contributed by atoms with Crippen molar-refractivity contribution in [3.8, 4) is 0 Å². The summed E-state index contributed by atoms with van der Waals surface area (Å²) in [6, 6.07) is 4.69. The zero-order chi connectivity index (χ0) is 14.0. The Labute approximate surface area is 120 Å². The van der Waals surface area contributed by atoms with Gasteiger partial charge in [-0.15, -0.1) is 0 Å². The van der Waals surface area contributed by atoms with Crippen LogP contribution in [0, 0.1) is 12.8 Å². The molecule has 0 bridgehead atoms. The number of hydrogen-bond donors (Lipinski definition) is 1. The van der Waals surface area contributed by atoms with Crippen LogP contribution in [0.25, 0.3) is 0 Å². The SMILES string of the molecule is CNC(c1ccnc(C)c1)C1CCOC2(CCOC2)C1. The maximum absolute atomic E-state index is 6.05. The van der Waals surface area contributed by atoms with Crippen LogP contribution >= 0.6 is 0 Å². The predicted octanol–water partition coefficient (Wildman–Crippen LogP) is 2.24. The Morgan fingerprint density at radius 3 is 3.05 bits per heavy atom. The Kier molecular flexibility index (Phi) is 4.06. The van der Waals surface area contributed by atoms with E-state index >= 15 is 0 Å². The average Bonchev–Trinajstić information content (AvgIpc) is 2.88. The number of ether oxygens (including phenoxy) is 2. The highest BCUT2D eigenvalue weighted by Gasteiger charge is 2.42. The summed E-state index contributed by atoms with van der Waals surface area (Å²) >= 11 is 0. The summed E-state index contributed by atoms with van der Waals surface area (Å²) in [4.78, 5) is 4.30. The molecule has 0 saturated carbocycles. The number of pyridine rings is 1. The van der Waals surface area contributed by atoms with Gasteiger partial charge in [0.05, 0.1) is 12.2 Å². The Bertz CT molecular complexity index is 458. The molecular weight excluding hydrogens is 252 g/mol. The normalized spacial score (nSPS) is 31.6. The van der Waals surface area contributed by atoms with E-state index in [9.17, 15) is 0 Å². The van der Waals surface area contributed by atoms with Gasteiger partial charge in [0.1, 0.15) is 0 Å². The monoisotopic (exact) mass is 276 g/mol. The third-order valence-corrected chi connectivity index (χ3v) is 4.66. The minimum Gasteiger partial charge on any atom is -0.378 e. The van der Waals surface area contributed by atoms with Crippen molar-refractivity contribution < 1.29 is 9.47 Å². The summed E-state index contributed by atoms with van der Waals surface area (Å²) in [7, 11) is 2.05. The topological polar surface area (TPSA) is 43.4 Å². The van der Waals surface area contributed by atoms with Crippen molar-refractivity contribution >= 4 is 0 Å². The Morgan fingerprint density at radius 2 is 2.35 bits per heavy atom. The molecule has 3 unspecified atom stereocenters. The van der Waals surface area contributed by atoms with Gasteiger partial charge in [-0.25, -0.2) is 0 Å². The highest BCUT2D eigenvalue weighted by molar-refractivity contribution is 5.20. The molecule has 0 aliphatic carbocycles. The van der Waals surface area contributed by atoms with Crippen molar-refractivity contribution in [1.82, 2.24) is 10.3 Å². The van der Waals surface area contributed by atoms with Gasteiger partial charge < -0.3 is 14.8 Å². The van der Waals surface area contributed by atoms with E-state index in [-0.39, 0.29) is 5.60 Å². The van der Waals surface area contributed by atoms with E-state index in [0.717, 1.165) is 44.8 Å². The first-order valence-electron chi connectivity index (χ1n) is 7.54. The molecule has 2 aliphatic heterocycles. The summed E-state index contributed by atoms with van der Waals surface area (Å²) in [5.41, 5.74) is 2.38. The predicted molar refractivity (Wildman–Crippen MR) is 77.6 cm³/mol. The van der Waals surface area contributed by atoms with Gasteiger partial charge in [-0.05, 0) is 50.4 Å². The number of aryl methyl sites for hydroxylation is 1. The maximum Gasteiger partial charge on any atom is 0.0940 e. The van der Waals surface area contributed by atoms with Crippen molar-refractivity contribution in [2.45, 2.75) is 37.8 Å². The van der Waals surface area contributed by atoms with Crippen LogP contribution < -0.4 is 5.32 Å². The third-order valence-electron chi connectivity index (χ3n) is 4.66. The van der Waals surface area contributed by atoms with E-state index in [4.69, 9.17) is 9.47 Å². The van der Waals surface area contributed by atoms with E-state index in [1.54, 1.807) is 0 Å². The second-order valence-corrected chi connectivity index (χ2v) is 6.08. The van der Waals surface area contributed by atoms with Crippen molar-refractivity contribution in [2.24, 2.45) is 5.92 Å². The van der Waals surface area contributed by atoms with Gasteiger partial charge in [0.25, 0.3) is 0 Å². The van der Waals surface area contributed by atoms with Crippen molar-refractivity contribution in [3.63, 3.8) is 0 Å². The summed E-state index contributed by atoms with van der Waals surface area (Å²) < 4.78 is 11.6. The fraction of sp³-hybridized carbons (Fsp3) is 0.688. The zero-order valence-corrected chi connectivity index (χ0v) is 12.4. The number of rotatable bonds is 3. The lowest BCUT2D eigenvalue weighted by atomic mass is 9.79. The Hall–Kier alpha value is -0.970. The van der Waals surface area contributed by atoms with Gasteiger partial charge in [0.2, 0.25) is 0 Å². The van der Waals surface area contributed by atoms with Crippen molar-refractivity contribution in [2.75, 3.05) is 26.9 Å². The molecule has 2 fully saturated rings. The number of nitrogens with one attached hydrogen (secondary N) is 1. The number of aromatic nitrogens is 1. The Morgan fingerprint density at radius 1 is 1.45 bits per heavy atom. The highest BCUT2D eigenvalue weighted by Crippen LogP contribution is 2.40. The summed E-state index contributed by atoms with van der Waals surface area (Å²) in [6.45, 7) is 4.49. The van der Waals surface area contributed by atoms with E-state index in [1.165, 1.54) is 5.56 Å². The molecule has 4 heteroatoms. The van der Waals surface area contributed by atoms with E-state index in [1.807, 2.05) is 20.2 Å². The fourth-order valence-corrected chi connectivity index (χ4v) is 3.65. The molecule has 110 valence electrons. The molecular formula is C16H24N2O2. The number of nitrogens with zero attached hydrogens (tertiary/aromatic N) is 1. The lowest BCUT2D eigenvalue weighted by Gasteiger charge is -2.40. The molecule has 20 heavy (non-hydrogen) atoms. The van der Waals surface area contributed by atoms with Gasteiger partial charge in [0, 0.05) is 37.6 Å². The second kappa shape index (κ2) is 5.80. The fourth-order valence-electron chi connectivity index (χ4n) is 3.65. The molecule has 0 radical (unpaired) electrons. The Balaban J connectivity index is 1.78. The summed E-state index contributed by atoms with van der Waals surface area (Å²) in [5, 5.41) is 3.50. The summed E-state index contributed by atoms with van der Waals surface area (Å²) in [6.07, 6.45) is 5.13. The molecule has 1 aromatic rings. The van der Waals surface area contributed by atoms with Gasteiger partial charge in [-0.3, -0.25) is 4.98 Å². The van der Waals surface area contributed by atoms with Crippen molar-refractivity contribution in [1.29, 1.82) is 0 Å². The molecule has 1 N–H and O–H groups in total. The third kappa shape index (κ3) is 2.73. The van der Waals surface area contributed by atoms with Crippen LogP contribution in [-0.4, -0.2) is 37.5 Å². The largest absolute Gasteiger partial charge is 0.378 e. The molecule has 2 saturated heterocycles. The highest BCUT2D eigenvalue weighted by atomic mass is 16.6. The molecule has 3 heterocycles. The lowest BCUT2D eigenvalue weighted by Crippen LogP contribution is -2.43. The quantitative estimate of drug-likeness (QED) is 0.919. The average molecular weight is 276 g/mol. The maximum atomic E-state index is 6.05. The molecule has 2 aliphatic rings. The standard InChI is InChI=1S/C16H24N2O2/c1-12-9-13(3-6-18-12)15(17-2)14-4-7-20-16(10-14)5-8-19-11-16/h3,6,9,14-15,17H,4-5,7-8,10-11H2,1-2H3. The molecule has 0 aromatic carbocycles. The van der Waals surface area contributed by atoms with Crippen LogP contribution in [0.5, 0.6) is 0 Å². The van der Waals surface area contributed by atoms with Crippen molar-refractivity contribution in [3.05, 3.63) is 29.6 Å². The van der Waals surface area contributed by atoms with Gasteiger partial charge >= 0.3 is 0 Å². The first kappa shape index (κ1) is 14.0. The van der Waals surface area contributed by atoms with Crippen LogP contribution in [0.3, 0.4) is 0 Å². The first-order chi connectivity index (χ1) is 9.72. The van der Waals surface area contributed by atoms with Gasteiger partial charge in [-0.2, -0.15) is 0 Å². The molecule has 4 nitrogen and oxygen atoms in total. The molecule has 1 spiro atoms. The second-order valence-electron chi connectivity index (χ2n) is 6.08. The van der Waals surface area contributed by atoms with E-state index < -0.39 is 0 Å². The molecule has 3 rings (SSSR count). The van der Waals surface area contributed by atoms with Crippen LogP contribution in [0.15, 0.2) is 18.3 Å². The van der Waals surface area contributed by atoms with Crippen LogP contribution in [0.2, 0.25) is 0 Å². The van der Waals surface area contributed by atoms with Crippen LogP contribution in [-0.2, 0) is 9.47 Å². The molecule has 3 atom stereocenters. The first-order valence-corrected chi connectivity index (χ1v) is 7.54. The minimum absolute atomic E-state index is 0.0277. The van der Waals surface area contributed by atoms with Crippen LogP contribution in [0.4, 0.5) is 0 Å². The van der Waals surface area contributed by atoms with Crippen LogP contribution in [0.1, 0.15) is 36.6 Å². The summed E-state index contributed by atoms with van der Waals surface area (Å²) in [5.74, 6) is 0.595. The molecule has 0 amide bonds.